The lowest BCUT2D eigenvalue weighted by Gasteiger charge is -2.34. The molecule has 0 spiro atoms. The van der Waals surface area contributed by atoms with E-state index in [-0.39, 0.29) is 18.0 Å². The Morgan fingerprint density at radius 2 is 1.65 bits per heavy atom. The van der Waals surface area contributed by atoms with Crippen molar-refractivity contribution in [2.75, 3.05) is 13.2 Å². The van der Waals surface area contributed by atoms with Crippen molar-refractivity contribution in [2.45, 2.75) is 38.3 Å². The van der Waals surface area contributed by atoms with E-state index in [1.807, 2.05) is 12.1 Å². The maximum atomic E-state index is 5.65. The molecule has 4 rings (SSSR count). The number of allylic oxidation sites excluding steroid dienone is 3. The molecule has 0 aromatic heterocycles. The molecule has 3 unspecified atom stereocenters. The molecule has 2 saturated heterocycles. The van der Waals surface area contributed by atoms with Gasteiger partial charge in [0.1, 0.15) is 24.7 Å². The van der Waals surface area contributed by atoms with Crippen molar-refractivity contribution < 1.29 is 18.9 Å². The Morgan fingerprint density at radius 3 is 2.22 bits per heavy atom. The molecule has 4 heteroatoms. The zero-order valence-electron chi connectivity index (χ0n) is 13.5. The number of hydrogen-bond acceptors (Lipinski definition) is 4. The van der Waals surface area contributed by atoms with Crippen LogP contribution in [0.3, 0.4) is 0 Å². The van der Waals surface area contributed by atoms with Gasteiger partial charge in [0.05, 0.1) is 0 Å². The van der Waals surface area contributed by atoms with Gasteiger partial charge < -0.3 is 18.9 Å². The van der Waals surface area contributed by atoms with Gasteiger partial charge in [-0.25, -0.2) is 0 Å². The molecule has 0 saturated carbocycles. The molecular weight excluding hydrogens is 292 g/mol. The highest BCUT2D eigenvalue weighted by Gasteiger charge is 2.32. The van der Waals surface area contributed by atoms with Crippen LogP contribution in [0.1, 0.15) is 25.8 Å². The van der Waals surface area contributed by atoms with E-state index in [1.54, 1.807) is 0 Å². The van der Waals surface area contributed by atoms with Crippen molar-refractivity contribution in [1.29, 1.82) is 0 Å². The van der Waals surface area contributed by atoms with Crippen LogP contribution >= 0.6 is 0 Å². The topological polar surface area (TPSA) is 43.5 Å². The third kappa shape index (κ3) is 3.43. The fraction of sp³-hybridized carbons (Fsp3) is 0.474. The minimum Gasteiger partial charge on any atom is -0.463 e. The standard InChI is InChI=1S/C19H22O4/c1-19(2,13-3-7-15(8-4-13)22-17-11-20-17)14-5-9-16(10-6-14)23-18-12-21-18/h3-5,7-10,14,17-18H,6,11-12H2,1-2H3. The minimum absolute atomic E-state index is 0.0292. The number of epoxide rings is 2. The fourth-order valence-corrected chi connectivity index (χ4v) is 2.92. The Hall–Kier alpha value is -1.78. The maximum Gasteiger partial charge on any atom is 0.223 e. The highest BCUT2D eigenvalue weighted by molar-refractivity contribution is 5.34. The molecule has 0 bridgehead atoms. The minimum atomic E-state index is -0.0471. The molecule has 2 aliphatic heterocycles. The van der Waals surface area contributed by atoms with Gasteiger partial charge in [-0.15, -0.1) is 0 Å². The van der Waals surface area contributed by atoms with Gasteiger partial charge in [-0.2, -0.15) is 0 Å². The molecule has 122 valence electrons. The molecule has 4 nitrogen and oxygen atoms in total. The van der Waals surface area contributed by atoms with E-state index < -0.39 is 0 Å². The zero-order chi connectivity index (χ0) is 15.9. The summed E-state index contributed by atoms with van der Waals surface area (Å²) >= 11 is 0. The average Bonchev–Trinajstić information content (AvgIpc) is 3.45. The normalized spacial score (nSPS) is 29.0. The fourth-order valence-electron chi connectivity index (χ4n) is 2.92. The van der Waals surface area contributed by atoms with E-state index in [0.29, 0.717) is 19.1 Å². The monoisotopic (exact) mass is 314 g/mol. The van der Waals surface area contributed by atoms with Crippen molar-refractivity contribution in [3.8, 4) is 5.75 Å². The maximum absolute atomic E-state index is 5.65. The van der Waals surface area contributed by atoms with Gasteiger partial charge in [0, 0.05) is 0 Å². The first kappa shape index (κ1) is 14.8. The first-order valence-corrected chi connectivity index (χ1v) is 8.17. The van der Waals surface area contributed by atoms with Crippen molar-refractivity contribution in [1.82, 2.24) is 0 Å². The van der Waals surface area contributed by atoms with E-state index in [0.717, 1.165) is 17.9 Å². The van der Waals surface area contributed by atoms with Crippen LogP contribution in [0.4, 0.5) is 0 Å². The van der Waals surface area contributed by atoms with Crippen LogP contribution in [0.15, 0.2) is 48.3 Å². The van der Waals surface area contributed by atoms with Crippen LogP contribution in [0.25, 0.3) is 0 Å². The lowest BCUT2D eigenvalue weighted by atomic mass is 9.71. The van der Waals surface area contributed by atoms with Crippen LogP contribution in [0.2, 0.25) is 0 Å². The summed E-state index contributed by atoms with van der Waals surface area (Å²) in [6.45, 7) is 5.97. The van der Waals surface area contributed by atoms with Crippen molar-refractivity contribution >= 4 is 0 Å². The summed E-state index contributed by atoms with van der Waals surface area (Å²) in [6, 6.07) is 8.36. The van der Waals surface area contributed by atoms with Crippen molar-refractivity contribution in [3.63, 3.8) is 0 Å². The van der Waals surface area contributed by atoms with Gasteiger partial charge in [0.25, 0.3) is 0 Å². The third-order valence-corrected chi connectivity index (χ3v) is 4.73. The van der Waals surface area contributed by atoms with Crippen LogP contribution < -0.4 is 4.74 Å². The molecule has 23 heavy (non-hydrogen) atoms. The third-order valence-electron chi connectivity index (χ3n) is 4.73. The smallest absolute Gasteiger partial charge is 0.223 e. The molecule has 3 aliphatic rings. The molecule has 1 aliphatic carbocycles. The molecule has 1 aromatic rings. The Kier molecular flexibility index (Phi) is 3.66. The van der Waals surface area contributed by atoms with Crippen molar-refractivity contribution in [2.24, 2.45) is 5.92 Å². The van der Waals surface area contributed by atoms with Crippen molar-refractivity contribution in [3.05, 3.63) is 53.8 Å². The lowest BCUT2D eigenvalue weighted by Crippen LogP contribution is -2.28. The van der Waals surface area contributed by atoms with Gasteiger partial charge in [-0.3, -0.25) is 0 Å². The van der Waals surface area contributed by atoms with E-state index in [9.17, 15) is 0 Å². The molecule has 3 atom stereocenters. The second-order valence-corrected chi connectivity index (χ2v) is 6.82. The van der Waals surface area contributed by atoms with Gasteiger partial charge in [-0.1, -0.05) is 32.1 Å². The first-order chi connectivity index (χ1) is 11.1. The SMILES string of the molecule is CC(C)(c1ccc(OC2CO2)cc1)C1C=CC(OC2CO2)=CC1. The molecule has 0 amide bonds. The van der Waals surface area contributed by atoms with Gasteiger partial charge >= 0.3 is 0 Å². The highest BCUT2D eigenvalue weighted by atomic mass is 16.8. The predicted molar refractivity (Wildman–Crippen MR) is 86.0 cm³/mol. The summed E-state index contributed by atoms with van der Waals surface area (Å²) in [5.74, 6) is 2.23. The molecular formula is C19H22O4. The van der Waals surface area contributed by atoms with Crippen LogP contribution in [-0.4, -0.2) is 25.8 Å². The van der Waals surface area contributed by atoms with Gasteiger partial charge in [-0.05, 0) is 47.6 Å². The zero-order valence-corrected chi connectivity index (χ0v) is 13.5. The summed E-state index contributed by atoms with van der Waals surface area (Å²) in [4.78, 5) is 0. The molecule has 1 aromatic carbocycles. The van der Waals surface area contributed by atoms with Crippen LogP contribution in [-0.2, 0) is 19.6 Å². The summed E-state index contributed by atoms with van der Waals surface area (Å²) in [5.41, 5.74) is 1.35. The summed E-state index contributed by atoms with van der Waals surface area (Å²) < 4.78 is 21.5. The molecule has 0 radical (unpaired) electrons. The molecule has 0 N–H and O–H groups in total. The Balaban J connectivity index is 1.42. The Morgan fingerprint density at radius 1 is 1.00 bits per heavy atom. The second-order valence-electron chi connectivity index (χ2n) is 6.82. The Labute approximate surface area is 136 Å². The Bertz CT molecular complexity index is 621. The van der Waals surface area contributed by atoms with E-state index >= 15 is 0 Å². The molecule has 2 fully saturated rings. The van der Waals surface area contributed by atoms with E-state index in [2.05, 4.69) is 44.2 Å². The number of ether oxygens (including phenoxy) is 4. The van der Waals surface area contributed by atoms with E-state index in [1.165, 1.54) is 5.56 Å². The van der Waals surface area contributed by atoms with Gasteiger partial charge in [0.15, 0.2) is 0 Å². The number of rotatable bonds is 6. The summed E-state index contributed by atoms with van der Waals surface area (Å²) in [6.07, 6.45) is 7.38. The predicted octanol–water partition coefficient (Wildman–Crippen LogP) is 3.53. The second kappa shape index (κ2) is 5.69. The summed E-state index contributed by atoms with van der Waals surface area (Å²) in [7, 11) is 0. The number of hydrogen-bond donors (Lipinski definition) is 0. The van der Waals surface area contributed by atoms with Gasteiger partial charge in [0.2, 0.25) is 12.6 Å². The van der Waals surface area contributed by atoms with E-state index in [4.69, 9.17) is 18.9 Å². The summed E-state index contributed by atoms with van der Waals surface area (Å²) in [5, 5.41) is 0. The lowest BCUT2D eigenvalue weighted by molar-refractivity contribution is 0.112. The number of benzene rings is 1. The van der Waals surface area contributed by atoms with Crippen LogP contribution in [0.5, 0.6) is 5.75 Å². The van der Waals surface area contributed by atoms with Crippen LogP contribution in [0, 0.1) is 5.92 Å². The highest BCUT2D eigenvalue weighted by Crippen LogP contribution is 2.38. The molecule has 2 heterocycles. The largest absolute Gasteiger partial charge is 0.463 e. The quantitative estimate of drug-likeness (QED) is 0.753. The average molecular weight is 314 g/mol. The first-order valence-electron chi connectivity index (χ1n) is 8.17.